The van der Waals surface area contributed by atoms with Crippen LogP contribution in [0.3, 0.4) is 0 Å². The first-order valence-corrected chi connectivity index (χ1v) is 8.16. The zero-order chi connectivity index (χ0) is 17.7. The monoisotopic (exact) mass is 347 g/mol. The zero-order valence-corrected chi connectivity index (χ0v) is 13.5. The maximum atomic E-state index is 13.7. The van der Waals surface area contributed by atoms with Gasteiger partial charge in [-0.05, 0) is 12.8 Å². The maximum absolute atomic E-state index is 13.7. The Morgan fingerprint density at radius 1 is 1.20 bits per heavy atom. The number of alkyl halides is 2. The number of amidine groups is 1. The molecule has 1 aliphatic heterocycles. The van der Waals surface area contributed by atoms with Crippen molar-refractivity contribution in [3.63, 3.8) is 0 Å². The fourth-order valence-corrected chi connectivity index (χ4v) is 3.70. The topological polar surface area (TPSA) is 107 Å². The number of fused-ring (bicyclic) bond motifs is 1. The van der Waals surface area contributed by atoms with Gasteiger partial charge in [0.25, 0.3) is 0 Å². The third-order valence-corrected chi connectivity index (χ3v) is 5.08. The lowest BCUT2D eigenvalue weighted by Crippen LogP contribution is -2.51. The SMILES string of the molecule is NC1=CNC(c2cnn3ccncc23)(C2CCC(F)(F)CC2)N=C1N. The number of aromatic nitrogens is 3. The number of nitrogens with two attached hydrogens (primary N) is 2. The van der Waals surface area contributed by atoms with Crippen LogP contribution in [0.2, 0.25) is 0 Å². The Morgan fingerprint density at radius 3 is 2.68 bits per heavy atom. The van der Waals surface area contributed by atoms with Gasteiger partial charge in [0.2, 0.25) is 5.92 Å². The standard InChI is InChI=1S/C16H19F2N7/c17-15(18)3-1-10(2-4-15)16(22-8-12(19)14(20)24-16)11-7-23-25-6-5-21-9-13(11)25/h5-10,22H,1-4,19H2,(H2,20,24). The third kappa shape index (κ3) is 2.50. The Kier molecular flexibility index (Phi) is 3.41. The quantitative estimate of drug-likeness (QED) is 0.763. The molecule has 2 aliphatic rings. The molecule has 132 valence electrons. The highest BCUT2D eigenvalue weighted by Gasteiger charge is 2.48. The number of aliphatic imine (C=N–C) groups is 1. The average Bonchev–Trinajstić information content (AvgIpc) is 3.02. The largest absolute Gasteiger partial charge is 0.395 e. The summed E-state index contributed by atoms with van der Waals surface area (Å²) in [5.74, 6) is -2.60. The van der Waals surface area contributed by atoms with Crippen molar-refractivity contribution in [1.29, 1.82) is 0 Å². The van der Waals surface area contributed by atoms with Crippen LogP contribution < -0.4 is 16.8 Å². The summed E-state index contributed by atoms with van der Waals surface area (Å²) in [6.07, 6.45) is 8.60. The van der Waals surface area contributed by atoms with Gasteiger partial charge in [0.1, 0.15) is 5.84 Å². The molecule has 0 spiro atoms. The van der Waals surface area contributed by atoms with E-state index in [2.05, 4.69) is 20.4 Å². The van der Waals surface area contributed by atoms with Gasteiger partial charge >= 0.3 is 0 Å². The Bertz CT molecular complexity index is 862. The van der Waals surface area contributed by atoms with Crippen LogP contribution >= 0.6 is 0 Å². The van der Waals surface area contributed by atoms with E-state index in [1.165, 1.54) is 0 Å². The number of rotatable bonds is 2. The van der Waals surface area contributed by atoms with Crippen molar-refractivity contribution in [3.8, 4) is 0 Å². The summed E-state index contributed by atoms with van der Waals surface area (Å²) in [5.41, 5.74) is 12.7. The van der Waals surface area contributed by atoms with E-state index in [9.17, 15) is 8.78 Å². The third-order valence-electron chi connectivity index (χ3n) is 5.08. The van der Waals surface area contributed by atoms with E-state index >= 15 is 0 Å². The van der Waals surface area contributed by atoms with Gasteiger partial charge in [0, 0.05) is 42.9 Å². The predicted octanol–water partition coefficient (Wildman–Crippen LogP) is 1.47. The molecular formula is C16H19F2N7. The van der Waals surface area contributed by atoms with Crippen LogP contribution in [0.5, 0.6) is 0 Å². The van der Waals surface area contributed by atoms with Crippen molar-refractivity contribution in [2.45, 2.75) is 37.3 Å². The van der Waals surface area contributed by atoms with Crippen LogP contribution in [-0.4, -0.2) is 26.4 Å². The summed E-state index contributed by atoms with van der Waals surface area (Å²) in [6, 6.07) is 0. The van der Waals surface area contributed by atoms with Gasteiger partial charge in [-0.2, -0.15) is 5.10 Å². The van der Waals surface area contributed by atoms with E-state index in [4.69, 9.17) is 11.5 Å². The Hall–Kier alpha value is -2.71. The lowest BCUT2D eigenvalue weighted by atomic mass is 9.75. The van der Waals surface area contributed by atoms with E-state index in [1.807, 2.05) is 0 Å². The fraction of sp³-hybridized carbons (Fsp3) is 0.438. The first-order valence-electron chi connectivity index (χ1n) is 8.16. The summed E-state index contributed by atoms with van der Waals surface area (Å²) in [5, 5.41) is 7.56. The lowest BCUT2D eigenvalue weighted by molar-refractivity contribution is -0.0567. The van der Waals surface area contributed by atoms with Gasteiger partial charge in [-0.15, -0.1) is 0 Å². The van der Waals surface area contributed by atoms with Gasteiger partial charge in [-0.1, -0.05) is 0 Å². The van der Waals surface area contributed by atoms with Crippen LogP contribution in [-0.2, 0) is 5.66 Å². The summed E-state index contributed by atoms with van der Waals surface area (Å²) in [4.78, 5) is 8.77. The number of nitrogens with zero attached hydrogens (tertiary/aromatic N) is 4. The summed E-state index contributed by atoms with van der Waals surface area (Å²) in [7, 11) is 0. The lowest BCUT2D eigenvalue weighted by Gasteiger charge is -2.43. The van der Waals surface area contributed by atoms with Crippen LogP contribution in [0.25, 0.3) is 5.52 Å². The van der Waals surface area contributed by atoms with Gasteiger partial charge in [-0.25, -0.2) is 18.3 Å². The number of hydrogen-bond donors (Lipinski definition) is 3. The number of hydrogen-bond acceptors (Lipinski definition) is 6. The van der Waals surface area contributed by atoms with Crippen LogP contribution in [0, 0.1) is 5.92 Å². The van der Waals surface area contributed by atoms with E-state index in [-0.39, 0.29) is 24.6 Å². The molecule has 1 aliphatic carbocycles. The molecule has 2 aromatic rings. The Balaban J connectivity index is 1.83. The molecule has 7 nitrogen and oxygen atoms in total. The van der Waals surface area contributed by atoms with Gasteiger partial charge in [0.05, 0.1) is 23.6 Å². The van der Waals surface area contributed by atoms with Crippen LogP contribution in [0.1, 0.15) is 31.2 Å². The van der Waals surface area contributed by atoms with Crippen molar-refractivity contribution < 1.29 is 8.78 Å². The normalized spacial score (nSPS) is 26.8. The highest BCUT2D eigenvalue weighted by atomic mass is 19.3. The first-order chi connectivity index (χ1) is 11.9. The summed E-state index contributed by atoms with van der Waals surface area (Å²) >= 11 is 0. The summed E-state index contributed by atoms with van der Waals surface area (Å²) < 4.78 is 29.0. The van der Waals surface area contributed by atoms with Crippen molar-refractivity contribution in [3.05, 3.63) is 42.2 Å². The number of halogens is 2. The molecule has 5 N–H and O–H groups in total. The maximum Gasteiger partial charge on any atom is 0.248 e. The van der Waals surface area contributed by atoms with E-state index < -0.39 is 11.6 Å². The molecule has 1 fully saturated rings. The molecule has 25 heavy (non-hydrogen) atoms. The Labute approximate surface area is 142 Å². The minimum absolute atomic E-state index is 0.164. The van der Waals surface area contributed by atoms with E-state index in [1.54, 1.807) is 35.5 Å². The number of nitrogens with one attached hydrogen (secondary N) is 1. The molecule has 0 amide bonds. The molecule has 2 aromatic heterocycles. The molecule has 1 atom stereocenters. The highest BCUT2D eigenvalue weighted by Crippen LogP contribution is 2.46. The first kappa shape index (κ1) is 15.8. The second-order valence-corrected chi connectivity index (χ2v) is 6.60. The molecule has 1 saturated carbocycles. The van der Waals surface area contributed by atoms with E-state index in [0.29, 0.717) is 18.5 Å². The molecule has 0 saturated heterocycles. The fourth-order valence-electron chi connectivity index (χ4n) is 3.70. The highest BCUT2D eigenvalue weighted by molar-refractivity contribution is 5.97. The Morgan fingerprint density at radius 2 is 1.96 bits per heavy atom. The smallest absolute Gasteiger partial charge is 0.248 e. The minimum atomic E-state index is -2.63. The van der Waals surface area contributed by atoms with E-state index in [0.717, 1.165) is 11.1 Å². The minimum Gasteiger partial charge on any atom is -0.395 e. The van der Waals surface area contributed by atoms with Crippen LogP contribution in [0.4, 0.5) is 8.78 Å². The van der Waals surface area contributed by atoms with Crippen molar-refractivity contribution in [2.75, 3.05) is 0 Å². The average molecular weight is 347 g/mol. The molecule has 4 rings (SSSR count). The molecule has 3 heterocycles. The second kappa shape index (κ2) is 5.40. The zero-order valence-electron chi connectivity index (χ0n) is 13.5. The van der Waals surface area contributed by atoms with Gasteiger partial charge < -0.3 is 16.8 Å². The van der Waals surface area contributed by atoms with Crippen molar-refractivity contribution >= 4 is 11.4 Å². The van der Waals surface area contributed by atoms with Gasteiger partial charge in [0.15, 0.2) is 5.66 Å². The molecule has 1 unspecified atom stereocenters. The molecule has 0 aromatic carbocycles. The molecule has 0 bridgehead atoms. The summed E-state index contributed by atoms with van der Waals surface area (Å²) in [6.45, 7) is 0. The molecule has 0 radical (unpaired) electrons. The predicted molar refractivity (Wildman–Crippen MR) is 88.6 cm³/mol. The van der Waals surface area contributed by atoms with Crippen LogP contribution in [0.15, 0.2) is 41.7 Å². The molecule has 9 heteroatoms. The molecular weight excluding hydrogens is 328 g/mol. The second-order valence-electron chi connectivity index (χ2n) is 6.60. The van der Waals surface area contributed by atoms with Crippen molar-refractivity contribution in [1.82, 2.24) is 19.9 Å². The van der Waals surface area contributed by atoms with Gasteiger partial charge in [-0.3, -0.25) is 4.98 Å². The van der Waals surface area contributed by atoms with Crippen molar-refractivity contribution in [2.24, 2.45) is 22.4 Å².